The van der Waals surface area contributed by atoms with Crippen LogP contribution in [-0.4, -0.2) is 4.98 Å². The summed E-state index contributed by atoms with van der Waals surface area (Å²) in [6.07, 6.45) is 4.47. The van der Waals surface area contributed by atoms with Gasteiger partial charge >= 0.3 is 0 Å². The Kier molecular flexibility index (Phi) is 4.99. The van der Waals surface area contributed by atoms with Gasteiger partial charge in [0.25, 0.3) is 0 Å². The Morgan fingerprint density at radius 3 is 1.26 bits per heavy atom. The largest absolute Gasteiger partial charge is 0.452 e. The summed E-state index contributed by atoms with van der Waals surface area (Å²) in [6.45, 7) is 0. The third-order valence-electron chi connectivity index (χ3n) is 3.45. The number of hydrogen-bond donors (Lipinski definition) is 0. The number of rotatable bonds is 2. The predicted octanol–water partition coefficient (Wildman–Crippen LogP) is 5.70. The minimum Gasteiger partial charge on any atom is -0.452 e. The lowest BCUT2D eigenvalue weighted by Gasteiger charge is -2.04. The lowest BCUT2D eigenvalue weighted by Crippen LogP contribution is -1.79. The van der Waals surface area contributed by atoms with Crippen molar-refractivity contribution in [2.45, 2.75) is 0 Å². The number of oxazole rings is 1. The molecule has 2 nitrogen and oxygen atoms in total. The number of benzene rings is 3. The van der Waals surface area contributed by atoms with Crippen molar-refractivity contribution in [3.63, 3.8) is 0 Å². The molecule has 112 valence electrons. The van der Waals surface area contributed by atoms with Crippen molar-refractivity contribution in [2.75, 3.05) is 0 Å². The Morgan fingerprint density at radius 1 is 0.522 bits per heavy atom. The van der Waals surface area contributed by atoms with Crippen molar-refractivity contribution in [1.29, 1.82) is 0 Å². The molecule has 0 spiro atoms. The highest BCUT2D eigenvalue weighted by molar-refractivity contribution is 5.70. The van der Waals surface area contributed by atoms with E-state index in [9.17, 15) is 0 Å². The SMILES string of the molecule is c1ccc(-c2ccc(-c3ccccc3)cc2)cc1.c1cocn1. The van der Waals surface area contributed by atoms with Gasteiger partial charge in [0.15, 0.2) is 6.39 Å². The van der Waals surface area contributed by atoms with Crippen LogP contribution in [0.5, 0.6) is 0 Å². The molecule has 2 heteroatoms. The highest BCUT2D eigenvalue weighted by Gasteiger charge is 1.98. The van der Waals surface area contributed by atoms with Crippen LogP contribution in [0.3, 0.4) is 0 Å². The maximum absolute atomic E-state index is 4.47. The van der Waals surface area contributed by atoms with Gasteiger partial charge in [-0.05, 0) is 22.3 Å². The zero-order valence-corrected chi connectivity index (χ0v) is 12.7. The van der Waals surface area contributed by atoms with E-state index in [-0.39, 0.29) is 0 Å². The summed E-state index contributed by atoms with van der Waals surface area (Å²) in [6, 6.07) is 29.6. The van der Waals surface area contributed by atoms with Crippen LogP contribution >= 0.6 is 0 Å². The quantitative estimate of drug-likeness (QED) is 0.475. The average Bonchev–Trinajstić information content (AvgIpc) is 3.23. The molecule has 23 heavy (non-hydrogen) atoms. The van der Waals surface area contributed by atoms with E-state index < -0.39 is 0 Å². The second kappa shape index (κ2) is 7.76. The van der Waals surface area contributed by atoms with Crippen molar-refractivity contribution in [1.82, 2.24) is 4.98 Å². The second-order valence-corrected chi connectivity index (χ2v) is 4.99. The Morgan fingerprint density at radius 2 is 0.957 bits per heavy atom. The smallest absolute Gasteiger partial charge is 0.180 e. The number of hydrogen-bond acceptors (Lipinski definition) is 2. The van der Waals surface area contributed by atoms with Crippen LogP contribution in [-0.2, 0) is 0 Å². The third-order valence-corrected chi connectivity index (χ3v) is 3.45. The van der Waals surface area contributed by atoms with E-state index in [2.05, 4.69) is 82.2 Å². The summed E-state index contributed by atoms with van der Waals surface area (Å²) in [5.41, 5.74) is 5.04. The van der Waals surface area contributed by atoms with Gasteiger partial charge in [-0.2, -0.15) is 0 Å². The summed E-state index contributed by atoms with van der Waals surface area (Å²) < 4.78 is 4.47. The normalized spacial score (nSPS) is 9.74. The summed E-state index contributed by atoms with van der Waals surface area (Å²) >= 11 is 0. The monoisotopic (exact) mass is 299 g/mol. The summed E-state index contributed by atoms with van der Waals surface area (Å²) in [4.78, 5) is 3.56. The molecule has 0 radical (unpaired) electrons. The fraction of sp³-hybridized carbons (Fsp3) is 0. The maximum atomic E-state index is 4.47. The lowest BCUT2D eigenvalue weighted by atomic mass is 10.0. The minimum absolute atomic E-state index is 1.26. The molecule has 0 atom stereocenters. The number of aromatic nitrogens is 1. The minimum atomic E-state index is 1.26. The summed E-state index contributed by atoms with van der Waals surface area (Å²) in [5, 5.41) is 0. The van der Waals surface area contributed by atoms with Crippen molar-refractivity contribution in [3.05, 3.63) is 104 Å². The topological polar surface area (TPSA) is 26.0 Å². The predicted molar refractivity (Wildman–Crippen MR) is 93.8 cm³/mol. The molecule has 1 heterocycles. The first-order valence-corrected chi connectivity index (χ1v) is 7.46. The van der Waals surface area contributed by atoms with Crippen LogP contribution in [0.4, 0.5) is 0 Å². The fourth-order valence-electron chi connectivity index (χ4n) is 2.29. The third kappa shape index (κ3) is 4.17. The van der Waals surface area contributed by atoms with Gasteiger partial charge in [0, 0.05) is 0 Å². The Bertz CT molecular complexity index is 716. The molecule has 0 saturated heterocycles. The van der Waals surface area contributed by atoms with Crippen molar-refractivity contribution >= 4 is 0 Å². The Labute approximate surface area is 136 Å². The molecule has 4 rings (SSSR count). The summed E-state index contributed by atoms with van der Waals surface area (Å²) in [5.74, 6) is 0. The van der Waals surface area contributed by atoms with E-state index in [0.717, 1.165) is 0 Å². The summed E-state index contributed by atoms with van der Waals surface area (Å²) in [7, 11) is 0. The molecule has 0 aliphatic heterocycles. The average molecular weight is 299 g/mol. The van der Waals surface area contributed by atoms with E-state index in [1.54, 1.807) is 6.20 Å². The lowest BCUT2D eigenvalue weighted by molar-refractivity contribution is 0.558. The highest BCUT2D eigenvalue weighted by Crippen LogP contribution is 2.24. The van der Waals surface area contributed by atoms with Gasteiger partial charge in [-0.15, -0.1) is 0 Å². The Hall–Kier alpha value is -3.13. The molecule has 0 unspecified atom stereocenters. The van der Waals surface area contributed by atoms with Crippen LogP contribution in [0.1, 0.15) is 0 Å². The standard InChI is InChI=1S/C18H14.C3H3NO/c1-3-7-15(8-4-1)17-11-13-18(14-12-17)16-9-5-2-6-10-16;1-2-5-3-4-1/h1-14H;1-3H. The molecule has 3 aromatic carbocycles. The highest BCUT2D eigenvalue weighted by atomic mass is 16.3. The van der Waals surface area contributed by atoms with Gasteiger partial charge in [0.1, 0.15) is 6.26 Å². The molecule has 4 aromatic rings. The first-order valence-electron chi connectivity index (χ1n) is 7.46. The molecule has 0 saturated carbocycles. The second-order valence-electron chi connectivity index (χ2n) is 4.99. The molecule has 0 amide bonds. The van der Waals surface area contributed by atoms with Crippen LogP contribution < -0.4 is 0 Å². The van der Waals surface area contributed by atoms with Gasteiger partial charge in [0.05, 0.1) is 6.20 Å². The molecule has 0 fully saturated rings. The molecular weight excluding hydrogens is 282 g/mol. The van der Waals surface area contributed by atoms with Crippen molar-refractivity contribution < 1.29 is 4.42 Å². The maximum Gasteiger partial charge on any atom is 0.180 e. The first-order chi connectivity index (χ1) is 11.4. The van der Waals surface area contributed by atoms with Gasteiger partial charge in [-0.25, -0.2) is 4.98 Å². The van der Waals surface area contributed by atoms with E-state index >= 15 is 0 Å². The molecule has 0 aliphatic rings. The van der Waals surface area contributed by atoms with Crippen molar-refractivity contribution in [3.8, 4) is 22.3 Å². The Balaban J connectivity index is 0.000000267. The number of nitrogens with zero attached hydrogens (tertiary/aromatic N) is 1. The van der Waals surface area contributed by atoms with Gasteiger partial charge in [0.2, 0.25) is 0 Å². The van der Waals surface area contributed by atoms with Gasteiger partial charge in [-0.1, -0.05) is 84.9 Å². The van der Waals surface area contributed by atoms with E-state index in [0.29, 0.717) is 0 Å². The van der Waals surface area contributed by atoms with Crippen LogP contribution in [0.2, 0.25) is 0 Å². The van der Waals surface area contributed by atoms with E-state index in [1.165, 1.54) is 34.9 Å². The van der Waals surface area contributed by atoms with Crippen LogP contribution in [0.25, 0.3) is 22.3 Å². The molecule has 1 aromatic heterocycles. The zero-order chi connectivity index (χ0) is 15.7. The molecule has 0 bridgehead atoms. The van der Waals surface area contributed by atoms with Gasteiger partial charge < -0.3 is 4.42 Å². The fourth-order valence-corrected chi connectivity index (χ4v) is 2.29. The first kappa shape index (κ1) is 14.8. The zero-order valence-electron chi connectivity index (χ0n) is 12.7. The molecular formula is C21H17NO. The van der Waals surface area contributed by atoms with Crippen molar-refractivity contribution in [2.24, 2.45) is 0 Å². The van der Waals surface area contributed by atoms with Gasteiger partial charge in [-0.3, -0.25) is 0 Å². The van der Waals surface area contributed by atoms with Crippen LogP contribution in [0.15, 0.2) is 108 Å². The molecule has 0 N–H and O–H groups in total. The van der Waals surface area contributed by atoms with Crippen LogP contribution in [0, 0.1) is 0 Å². The molecule has 0 aliphatic carbocycles. The van der Waals surface area contributed by atoms with E-state index in [1.807, 2.05) is 12.1 Å². The van der Waals surface area contributed by atoms with E-state index in [4.69, 9.17) is 0 Å².